The highest BCUT2D eigenvalue weighted by atomic mass is 16.1. The van der Waals surface area contributed by atoms with E-state index in [0.717, 1.165) is 49.7 Å². The molecule has 0 radical (unpaired) electrons. The predicted octanol–water partition coefficient (Wildman–Crippen LogP) is 2.36. The maximum absolute atomic E-state index is 12.8. The average molecular weight is 391 g/mol. The smallest absolute Gasteiger partial charge is 0.255 e. The fraction of sp³-hybridized carbons (Fsp3) is 0.333. The molecule has 2 aromatic carbocycles. The summed E-state index contributed by atoms with van der Waals surface area (Å²) in [5, 5.41) is 14.2. The van der Waals surface area contributed by atoms with Crippen LogP contribution in [0, 0.1) is 6.92 Å². The quantitative estimate of drug-likeness (QED) is 0.719. The van der Waals surface area contributed by atoms with Gasteiger partial charge >= 0.3 is 0 Å². The molecule has 0 aliphatic carbocycles. The third-order valence-corrected chi connectivity index (χ3v) is 5.36. The van der Waals surface area contributed by atoms with E-state index >= 15 is 0 Å². The van der Waals surface area contributed by atoms with Crippen LogP contribution in [-0.4, -0.2) is 63.7 Å². The van der Waals surface area contributed by atoms with Gasteiger partial charge in [0.15, 0.2) is 0 Å². The predicted molar refractivity (Wildman–Crippen MR) is 113 cm³/mol. The lowest BCUT2D eigenvalue weighted by atomic mass is 10.1. The Morgan fingerprint density at radius 3 is 2.59 bits per heavy atom. The Labute approximate surface area is 170 Å². The first-order valence-electron chi connectivity index (χ1n) is 9.87. The molecule has 8 heteroatoms. The van der Waals surface area contributed by atoms with Gasteiger partial charge in [-0.2, -0.15) is 0 Å². The SMILES string of the molecule is CCN1CCN(c2ccc(NC(=O)c3cccc(-n4cnnn4)c3)c(C)c2)CC1. The van der Waals surface area contributed by atoms with Crippen LogP contribution in [0.2, 0.25) is 0 Å². The van der Waals surface area contributed by atoms with Gasteiger partial charge in [0.1, 0.15) is 6.33 Å². The summed E-state index contributed by atoms with van der Waals surface area (Å²) in [5.41, 5.74) is 4.36. The summed E-state index contributed by atoms with van der Waals surface area (Å²) in [6.07, 6.45) is 1.50. The van der Waals surface area contributed by atoms with Crippen molar-refractivity contribution in [2.24, 2.45) is 0 Å². The van der Waals surface area contributed by atoms with Gasteiger partial charge in [0.05, 0.1) is 5.69 Å². The molecule has 1 aliphatic rings. The largest absolute Gasteiger partial charge is 0.369 e. The Morgan fingerprint density at radius 1 is 1.07 bits per heavy atom. The number of anilines is 2. The summed E-state index contributed by atoms with van der Waals surface area (Å²) in [6, 6.07) is 13.4. The van der Waals surface area contributed by atoms with Crippen molar-refractivity contribution >= 4 is 17.3 Å². The van der Waals surface area contributed by atoms with Crippen molar-refractivity contribution in [3.05, 3.63) is 59.9 Å². The van der Waals surface area contributed by atoms with E-state index in [4.69, 9.17) is 0 Å². The minimum atomic E-state index is -0.160. The molecule has 150 valence electrons. The summed E-state index contributed by atoms with van der Waals surface area (Å²) in [6.45, 7) is 9.57. The Morgan fingerprint density at radius 2 is 1.90 bits per heavy atom. The number of piperazine rings is 1. The Hall–Kier alpha value is -3.26. The molecule has 1 fully saturated rings. The van der Waals surface area contributed by atoms with Gasteiger partial charge < -0.3 is 15.1 Å². The molecule has 1 saturated heterocycles. The molecule has 0 spiro atoms. The van der Waals surface area contributed by atoms with E-state index in [-0.39, 0.29) is 5.91 Å². The van der Waals surface area contributed by atoms with Crippen LogP contribution in [0.25, 0.3) is 5.69 Å². The molecule has 1 amide bonds. The molecule has 8 nitrogen and oxygen atoms in total. The molecule has 1 N–H and O–H groups in total. The molecule has 0 unspecified atom stereocenters. The lowest BCUT2D eigenvalue weighted by Gasteiger charge is -2.35. The van der Waals surface area contributed by atoms with Crippen molar-refractivity contribution in [1.82, 2.24) is 25.1 Å². The third kappa shape index (κ3) is 4.27. The monoisotopic (exact) mass is 391 g/mol. The van der Waals surface area contributed by atoms with Crippen molar-refractivity contribution in [1.29, 1.82) is 0 Å². The van der Waals surface area contributed by atoms with Crippen molar-refractivity contribution in [3.63, 3.8) is 0 Å². The van der Waals surface area contributed by atoms with Gasteiger partial charge in [-0.25, -0.2) is 4.68 Å². The van der Waals surface area contributed by atoms with E-state index in [0.29, 0.717) is 5.56 Å². The molecule has 3 aromatic rings. The van der Waals surface area contributed by atoms with Crippen molar-refractivity contribution < 1.29 is 4.79 Å². The van der Waals surface area contributed by atoms with Crippen molar-refractivity contribution in [2.45, 2.75) is 13.8 Å². The molecule has 0 bridgehead atoms. The molecule has 1 aliphatic heterocycles. The van der Waals surface area contributed by atoms with E-state index < -0.39 is 0 Å². The maximum Gasteiger partial charge on any atom is 0.255 e. The summed E-state index contributed by atoms with van der Waals surface area (Å²) in [7, 11) is 0. The maximum atomic E-state index is 12.8. The van der Waals surface area contributed by atoms with Crippen LogP contribution in [0.4, 0.5) is 11.4 Å². The number of nitrogens with one attached hydrogen (secondary N) is 1. The van der Waals surface area contributed by atoms with Crippen LogP contribution < -0.4 is 10.2 Å². The Kier molecular flexibility index (Phi) is 5.53. The summed E-state index contributed by atoms with van der Waals surface area (Å²) >= 11 is 0. The number of nitrogens with zero attached hydrogens (tertiary/aromatic N) is 6. The summed E-state index contributed by atoms with van der Waals surface area (Å²) in [4.78, 5) is 17.6. The van der Waals surface area contributed by atoms with Gasteiger partial charge in [-0.1, -0.05) is 13.0 Å². The first-order valence-corrected chi connectivity index (χ1v) is 9.87. The van der Waals surface area contributed by atoms with Crippen LogP contribution in [0.3, 0.4) is 0 Å². The lowest BCUT2D eigenvalue weighted by Crippen LogP contribution is -2.46. The molecular formula is C21H25N7O. The molecule has 1 aromatic heterocycles. The van der Waals surface area contributed by atoms with Crippen molar-refractivity contribution in [3.8, 4) is 5.69 Å². The van der Waals surface area contributed by atoms with E-state index in [1.807, 2.05) is 25.1 Å². The van der Waals surface area contributed by atoms with Crippen LogP contribution in [0.15, 0.2) is 48.8 Å². The van der Waals surface area contributed by atoms with E-state index in [1.165, 1.54) is 16.7 Å². The zero-order valence-corrected chi connectivity index (χ0v) is 16.7. The van der Waals surface area contributed by atoms with Crippen LogP contribution in [0.5, 0.6) is 0 Å². The second-order valence-corrected chi connectivity index (χ2v) is 7.18. The van der Waals surface area contributed by atoms with E-state index in [1.54, 1.807) is 12.1 Å². The molecule has 4 rings (SSSR count). The van der Waals surface area contributed by atoms with Gasteiger partial charge in [0.25, 0.3) is 5.91 Å². The first-order chi connectivity index (χ1) is 14.1. The van der Waals surface area contributed by atoms with Gasteiger partial charge in [-0.3, -0.25) is 4.79 Å². The van der Waals surface area contributed by atoms with E-state index in [9.17, 15) is 4.79 Å². The third-order valence-electron chi connectivity index (χ3n) is 5.36. The number of carbonyl (C=O) groups is 1. The molecular weight excluding hydrogens is 366 g/mol. The van der Waals surface area contributed by atoms with Gasteiger partial charge in [0.2, 0.25) is 0 Å². The number of benzene rings is 2. The zero-order chi connectivity index (χ0) is 20.2. The number of hydrogen-bond acceptors (Lipinski definition) is 6. The fourth-order valence-electron chi connectivity index (χ4n) is 3.57. The Balaban J connectivity index is 1.46. The Bertz CT molecular complexity index is 978. The highest BCUT2D eigenvalue weighted by Gasteiger charge is 2.17. The number of amides is 1. The van der Waals surface area contributed by atoms with Gasteiger partial charge in [-0.05, 0) is 65.9 Å². The topological polar surface area (TPSA) is 79.2 Å². The van der Waals surface area contributed by atoms with E-state index in [2.05, 4.69) is 49.7 Å². The number of rotatable bonds is 5. The molecule has 0 saturated carbocycles. The first kappa shape index (κ1) is 19.1. The summed E-state index contributed by atoms with van der Waals surface area (Å²) < 4.78 is 1.52. The standard InChI is InChI=1S/C21H25N7O/c1-3-26-9-11-27(12-10-26)18-7-8-20(16(2)13-18)23-21(29)17-5-4-6-19(14-17)28-15-22-24-25-28/h4-8,13-15H,3,9-12H2,1-2H3,(H,23,29). The summed E-state index contributed by atoms with van der Waals surface area (Å²) in [5.74, 6) is -0.160. The minimum absolute atomic E-state index is 0.160. The van der Waals surface area contributed by atoms with Crippen molar-refractivity contribution in [2.75, 3.05) is 42.9 Å². The average Bonchev–Trinajstić information content (AvgIpc) is 3.30. The number of likely N-dealkylation sites (N-methyl/N-ethyl adjacent to an activating group) is 1. The lowest BCUT2D eigenvalue weighted by molar-refractivity contribution is 0.102. The highest BCUT2D eigenvalue weighted by molar-refractivity contribution is 6.05. The molecule has 0 atom stereocenters. The second kappa shape index (κ2) is 8.40. The number of tetrazole rings is 1. The fourth-order valence-corrected chi connectivity index (χ4v) is 3.57. The number of carbonyl (C=O) groups excluding carboxylic acids is 1. The van der Waals surface area contributed by atoms with Gasteiger partial charge in [-0.15, -0.1) is 5.10 Å². The van der Waals surface area contributed by atoms with Crippen LogP contribution >= 0.6 is 0 Å². The molecule has 29 heavy (non-hydrogen) atoms. The van der Waals surface area contributed by atoms with Gasteiger partial charge in [0, 0.05) is 43.1 Å². The number of hydrogen-bond donors (Lipinski definition) is 1. The van der Waals surface area contributed by atoms with Crippen LogP contribution in [0.1, 0.15) is 22.8 Å². The second-order valence-electron chi connectivity index (χ2n) is 7.18. The van der Waals surface area contributed by atoms with Crippen LogP contribution in [-0.2, 0) is 0 Å². The molecule has 2 heterocycles. The normalized spacial score (nSPS) is 14.8. The minimum Gasteiger partial charge on any atom is -0.369 e. The number of aryl methyl sites for hydroxylation is 1. The zero-order valence-electron chi connectivity index (χ0n) is 16.7. The highest BCUT2D eigenvalue weighted by Crippen LogP contribution is 2.24. The number of aromatic nitrogens is 4.